The van der Waals surface area contributed by atoms with Gasteiger partial charge in [-0.05, 0) is 31.4 Å². The summed E-state index contributed by atoms with van der Waals surface area (Å²) >= 11 is 1.43. The molecule has 0 fully saturated rings. The Morgan fingerprint density at radius 1 is 1.29 bits per heavy atom. The molecule has 3 nitrogen and oxygen atoms in total. The highest BCUT2D eigenvalue weighted by molar-refractivity contribution is 7.98. The van der Waals surface area contributed by atoms with Crippen LogP contribution in [-0.2, 0) is 12.2 Å². The van der Waals surface area contributed by atoms with E-state index in [0.717, 1.165) is 42.8 Å². The van der Waals surface area contributed by atoms with Gasteiger partial charge < -0.3 is 5.73 Å². The minimum atomic E-state index is -0.195. The van der Waals surface area contributed by atoms with Gasteiger partial charge >= 0.3 is 0 Å². The lowest BCUT2D eigenvalue weighted by atomic mass is 10.1. The number of thioether (sulfide) groups is 1. The lowest BCUT2D eigenvalue weighted by Crippen LogP contribution is -2.13. The predicted octanol–water partition coefficient (Wildman–Crippen LogP) is 3.63. The standard InChI is InChI=1S/C16H18FN3S/c17-12-5-1-4-8-15(12)21-10-16-19-9-11-13(18)6-2-3-7-14(11)20-16/h1,4-5,8-9,13H,2-3,6-7,10,18H2. The average molecular weight is 303 g/mol. The van der Waals surface area contributed by atoms with Gasteiger partial charge in [-0.15, -0.1) is 11.8 Å². The van der Waals surface area contributed by atoms with Crippen LogP contribution in [0, 0.1) is 5.82 Å². The normalized spacial score (nSPS) is 18.1. The monoisotopic (exact) mass is 303 g/mol. The van der Waals surface area contributed by atoms with Crippen LogP contribution in [0.5, 0.6) is 0 Å². The van der Waals surface area contributed by atoms with E-state index in [1.807, 2.05) is 12.3 Å². The Morgan fingerprint density at radius 3 is 3.00 bits per heavy atom. The molecular weight excluding hydrogens is 285 g/mol. The number of halogens is 1. The topological polar surface area (TPSA) is 51.8 Å². The minimum Gasteiger partial charge on any atom is -0.324 e. The molecule has 21 heavy (non-hydrogen) atoms. The minimum absolute atomic E-state index is 0.0516. The van der Waals surface area contributed by atoms with Gasteiger partial charge in [0.1, 0.15) is 11.6 Å². The van der Waals surface area contributed by atoms with Crippen LogP contribution in [-0.4, -0.2) is 9.97 Å². The molecule has 2 aromatic rings. The second-order valence-electron chi connectivity index (χ2n) is 5.26. The van der Waals surface area contributed by atoms with Crippen LogP contribution >= 0.6 is 11.8 Å². The van der Waals surface area contributed by atoms with Gasteiger partial charge in [-0.3, -0.25) is 0 Å². The Morgan fingerprint density at radius 2 is 2.14 bits per heavy atom. The number of aromatic nitrogens is 2. The van der Waals surface area contributed by atoms with Gasteiger partial charge in [0.05, 0.1) is 5.75 Å². The molecule has 1 atom stereocenters. The third-order valence-corrected chi connectivity index (χ3v) is 4.77. The maximum absolute atomic E-state index is 13.6. The van der Waals surface area contributed by atoms with Crippen molar-refractivity contribution in [2.45, 2.75) is 42.4 Å². The fourth-order valence-corrected chi connectivity index (χ4v) is 3.37. The first-order valence-corrected chi connectivity index (χ1v) is 8.20. The fourth-order valence-electron chi connectivity index (χ4n) is 2.56. The van der Waals surface area contributed by atoms with Gasteiger partial charge in [-0.2, -0.15) is 0 Å². The molecule has 1 unspecified atom stereocenters. The zero-order chi connectivity index (χ0) is 14.7. The second-order valence-corrected chi connectivity index (χ2v) is 6.28. The molecule has 1 aliphatic rings. The molecule has 0 amide bonds. The average Bonchev–Trinajstić information content (AvgIpc) is 2.68. The third-order valence-electron chi connectivity index (χ3n) is 3.72. The molecule has 0 saturated heterocycles. The fraction of sp³-hybridized carbons (Fsp3) is 0.375. The number of hydrogen-bond donors (Lipinski definition) is 1. The van der Waals surface area contributed by atoms with E-state index in [9.17, 15) is 4.39 Å². The molecule has 1 aliphatic carbocycles. The zero-order valence-electron chi connectivity index (χ0n) is 11.8. The molecule has 0 saturated carbocycles. The number of aryl methyl sites for hydroxylation is 1. The van der Waals surface area contributed by atoms with Gasteiger partial charge in [0.15, 0.2) is 0 Å². The highest BCUT2D eigenvalue weighted by Crippen LogP contribution is 2.27. The van der Waals surface area contributed by atoms with Crippen LogP contribution in [0.15, 0.2) is 35.4 Å². The molecule has 0 radical (unpaired) electrons. The molecular formula is C16H18FN3S. The summed E-state index contributed by atoms with van der Waals surface area (Å²) in [6.45, 7) is 0. The Balaban J connectivity index is 1.75. The Hall–Kier alpha value is -1.46. The lowest BCUT2D eigenvalue weighted by molar-refractivity contribution is 0.602. The molecule has 1 heterocycles. The van der Waals surface area contributed by atoms with Crippen molar-refractivity contribution in [1.29, 1.82) is 0 Å². The van der Waals surface area contributed by atoms with Crippen LogP contribution in [0.4, 0.5) is 4.39 Å². The van der Waals surface area contributed by atoms with Crippen molar-refractivity contribution in [2.75, 3.05) is 0 Å². The SMILES string of the molecule is NC1CCCCc2nc(CSc3ccccc3F)ncc21. The summed E-state index contributed by atoms with van der Waals surface area (Å²) in [5.74, 6) is 1.12. The number of fused-ring (bicyclic) bond motifs is 1. The Kier molecular flexibility index (Phi) is 4.51. The van der Waals surface area contributed by atoms with E-state index in [1.54, 1.807) is 12.1 Å². The molecule has 0 bridgehead atoms. The van der Waals surface area contributed by atoms with Crippen molar-refractivity contribution >= 4 is 11.8 Å². The summed E-state index contributed by atoms with van der Waals surface area (Å²) in [6.07, 6.45) is 6.08. The van der Waals surface area contributed by atoms with Crippen molar-refractivity contribution in [1.82, 2.24) is 9.97 Å². The van der Waals surface area contributed by atoms with Crippen LogP contribution in [0.1, 0.15) is 42.4 Å². The van der Waals surface area contributed by atoms with Crippen LogP contribution < -0.4 is 5.73 Å². The number of benzene rings is 1. The largest absolute Gasteiger partial charge is 0.324 e. The summed E-state index contributed by atoms with van der Waals surface area (Å²) in [5.41, 5.74) is 8.29. The molecule has 0 aliphatic heterocycles. The highest BCUT2D eigenvalue weighted by atomic mass is 32.2. The summed E-state index contributed by atoms with van der Waals surface area (Å²) in [5, 5.41) is 0. The van der Waals surface area contributed by atoms with Gasteiger partial charge in [0, 0.05) is 28.4 Å². The third kappa shape index (κ3) is 3.41. The van der Waals surface area contributed by atoms with Crippen molar-refractivity contribution in [2.24, 2.45) is 5.73 Å². The molecule has 5 heteroatoms. The van der Waals surface area contributed by atoms with E-state index in [1.165, 1.54) is 17.8 Å². The summed E-state index contributed by atoms with van der Waals surface area (Å²) in [6, 6.07) is 6.83. The van der Waals surface area contributed by atoms with Crippen molar-refractivity contribution < 1.29 is 4.39 Å². The summed E-state index contributed by atoms with van der Waals surface area (Å²) in [7, 11) is 0. The van der Waals surface area contributed by atoms with Crippen molar-refractivity contribution in [3.8, 4) is 0 Å². The first kappa shape index (κ1) is 14.5. The summed E-state index contributed by atoms with van der Waals surface area (Å²) < 4.78 is 13.6. The van der Waals surface area contributed by atoms with E-state index < -0.39 is 0 Å². The number of rotatable bonds is 3. The lowest BCUT2D eigenvalue weighted by Gasteiger charge is -2.12. The van der Waals surface area contributed by atoms with E-state index in [4.69, 9.17) is 5.73 Å². The molecule has 2 N–H and O–H groups in total. The van der Waals surface area contributed by atoms with E-state index >= 15 is 0 Å². The Labute approximate surface area is 128 Å². The predicted molar refractivity (Wildman–Crippen MR) is 82.5 cm³/mol. The van der Waals surface area contributed by atoms with E-state index in [0.29, 0.717) is 10.6 Å². The molecule has 0 spiro atoms. The highest BCUT2D eigenvalue weighted by Gasteiger charge is 2.17. The van der Waals surface area contributed by atoms with Crippen molar-refractivity contribution in [3.63, 3.8) is 0 Å². The summed E-state index contributed by atoms with van der Waals surface area (Å²) in [4.78, 5) is 9.66. The maximum atomic E-state index is 13.6. The van der Waals surface area contributed by atoms with Crippen LogP contribution in [0.2, 0.25) is 0 Å². The molecule has 3 rings (SSSR count). The van der Waals surface area contributed by atoms with Gasteiger partial charge in [0.25, 0.3) is 0 Å². The number of nitrogens with zero attached hydrogens (tertiary/aromatic N) is 2. The van der Waals surface area contributed by atoms with Gasteiger partial charge in [-0.1, -0.05) is 18.6 Å². The quantitative estimate of drug-likeness (QED) is 0.695. The first-order valence-electron chi connectivity index (χ1n) is 7.21. The molecule has 1 aromatic carbocycles. The molecule has 1 aromatic heterocycles. The second kappa shape index (κ2) is 6.54. The number of hydrogen-bond acceptors (Lipinski definition) is 4. The van der Waals surface area contributed by atoms with Gasteiger partial charge in [-0.25, -0.2) is 14.4 Å². The van der Waals surface area contributed by atoms with E-state index in [2.05, 4.69) is 9.97 Å². The smallest absolute Gasteiger partial charge is 0.138 e. The van der Waals surface area contributed by atoms with Crippen molar-refractivity contribution in [3.05, 3.63) is 53.4 Å². The number of nitrogens with two attached hydrogens (primary N) is 1. The van der Waals surface area contributed by atoms with Crippen LogP contribution in [0.3, 0.4) is 0 Å². The molecule has 110 valence electrons. The van der Waals surface area contributed by atoms with Crippen LogP contribution in [0.25, 0.3) is 0 Å². The van der Waals surface area contributed by atoms with Gasteiger partial charge in [0.2, 0.25) is 0 Å². The maximum Gasteiger partial charge on any atom is 0.138 e. The Bertz CT molecular complexity index is 633. The van der Waals surface area contributed by atoms with E-state index in [-0.39, 0.29) is 11.9 Å². The first-order chi connectivity index (χ1) is 10.2. The zero-order valence-corrected chi connectivity index (χ0v) is 12.6.